The molecule has 1 aliphatic rings. The molecule has 1 unspecified atom stereocenters. The summed E-state index contributed by atoms with van der Waals surface area (Å²) in [5.41, 5.74) is 2.27. The fourth-order valence-electron chi connectivity index (χ4n) is 3.14. The first-order chi connectivity index (χ1) is 13.1. The summed E-state index contributed by atoms with van der Waals surface area (Å²) in [7, 11) is 0. The minimum absolute atomic E-state index is 0.0948. The van der Waals surface area contributed by atoms with E-state index in [1.807, 2.05) is 23.6 Å². The van der Waals surface area contributed by atoms with Gasteiger partial charge in [0.25, 0.3) is 0 Å². The highest BCUT2D eigenvalue weighted by Crippen LogP contribution is 2.28. The van der Waals surface area contributed by atoms with Crippen molar-refractivity contribution in [1.29, 1.82) is 0 Å². The molecule has 1 atom stereocenters. The normalized spacial score (nSPS) is 16.7. The van der Waals surface area contributed by atoms with E-state index in [1.54, 1.807) is 13.1 Å². The first kappa shape index (κ1) is 17.5. The van der Waals surface area contributed by atoms with Crippen LogP contribution in [0.2, 0.25) is 0 Å². The van der Waals surface area contributed by atoms with E-state index in [0.717, 1.165) is 37.4 Å². The van der Waals surface area contributed by atoms with Crippen molar-refractivity contribution in [2.45, 2.75) is 26.7 Å². The molecule has 0 radical (unpaired) electrons. The van der Waals surface area contributed by atoms with Crippen LogP contribution in [0.3, 0.4) is 0 Å². The SMILES string of the molecule is CCOc1cc2nc(CC3CCOC3)cn2cc1NC(=O)c1nc(C)no1. The molecule has 27 heavy (non-hydrogen) atoms. The van der Waals surface area contributed by atoms with Crippen LogP contribution in [0.25, 0.3) is 5.65 Å². The van der Waals surface area contributed by atoms with Crippen LogP contribution >= 0.6 is 0 Å². The summed E-state index contributed by atoms with van der Waals surface area (Å²) in [6, 6.07) is 1.81. The predicted molar refractivity (Wildman–Crippen MR) is 96.0 cm³/mol. The van der Waals surface area contributed by atoms with Gasteiger partial charge < -0.3 is 23.7 Å². The minimum atomic E-state index is -0.487. The van der Waals surface area contributed by atoms with Gasteiger partial charge in [-0.15, -0.1) is 0 Å². The van der Waals surface area contributed by atoms with Gasteiger partial charge in [0.15, 0.2) is 5.82 Å². The summed E-state index contributed by atoms with van der Waals surface area (Å²) in [5.74, 6) is 0.856. The number of aromatic nitrogens is 4. The van der Waals surface area contributed by atoms with E-state index in [2.05, 4.69) is 20.4 Å². The second kappa shape index (κ2) is 7.36. The molecular formula is C18H21N5O4. The van der Waals surface area contributed by atoms with Crippen molar-refractivity contribution >= 4 is 17.2 Å². The lowest BCUT2D eigenvalue weighted by Gasteiger charge is -2.11. The van der Waals surface area contributed by atoms with Gasteiger partial charge in [-0.2, -0.15) is 4.98 Å². The van der Waals surface area contributed by atoms with Crippen LogP contribution in [0, 0.1) is 12.8 Å². The number of ether oxygens (including phenoxy) is 2. The third-order valence-corrected chi connectivity index (χ3v) is 4.40. The second-order valence-corrected chi connectivity index (χ2v) is 6.52. The molecule has 1 aliphatic heterocycles. The Morgan fingerprint density at radius 3 is 3.00 bits per heavy atom. The third-order valence-electron chi connectivity index (χ3n) is 4.40. The first-order valence-corrected chi connectivity index (χ1v) is 8.96. The van der Waals surface area contributed by atoms with Gasteiger partial charge in [-0.3, -0.25) is 4.79 Å². The number of fused-ring (bicyclic) bond motifs is 1. The number of aryl methyl sites for hydroxylation is 1. The first-order valence-electron chi connectivity index (χ1n) is 8.96. The number of imidazole rings is 1. The number of nitrogens with zero attached hydrogens (tertiary/aromatic N) is 4. The number of rotatable bonds is 6. The molecule has 1 amide bonds. The molecule has 4 rings (SSSR count). The van der Waals surface area contributed by atoms with Crippen molar-refractivity contribution in [3.63, 3.8) is 0 Å². The van der Waals surface area contributed by atoms with E-state index in [9.17, 15) is 4.79 Å². The maximum absolute atomic E-state index is 12.4. The van der Waals surface area contributed by atoms with Gasteiger partial charge in [-0.25, -0.2) is 4.98 Å². The Bertz CT molecular complexity index is 958. The lowest BCUT2D eigenvalue weighted by atomic mass is 10.0. The summed E-state index contributed by atoms with van der Waals surface area (Å²) in [6.07, 6.45) is 5.68. The van der Waals surface area contributed by atoms with Crippen LogP contribution in [-0.2, 0) is 11.2 Å². The largest absolute Gasteiger partial charge is 0.491 e. The molecule has 0 spiro atoms. The third kappa shape index (κ3) is 3.77. The average molecular weight is 371 g/mol. The topological polar surface area (TPSA) is 104 Å². The Morgan fingerprint density at radius 2 is 2.30 bits per heavy atom. The molecule has 4 heterocycles. The number of nitrogens with one attached hydrogen (secondary N) is 1. The Balaban J connectivity index is 1.61. The lowest BCUT2D eigenvalue weighted by molar-refractivity contribution is 0.0981. The minimum Gasteiger partial charge on any atom is -0.491 e. The van der Waals surface area contributed by atoms with Crippen LogP contribution in [0.1, 0.15) is 35.5 Å². The van der Waals surface area contributed by atoms with E-state index >= 15 is 0 Å². The van der Waals surface area contributed by atoms with Gasteiger partial charge in [0.2, 0.25) is 0 Å². The highest BCUT2D eigenvalue weighted by atomic mass is 16.5. The van der Waals surface area contributed by atoms with Gasteiger partial charge in [-0.05, 0) is 32.6 Å². The van der Waals surface area contributed by atoms with Crippen LogP contribution in [0.5, 0.6) is 5.75 Å². The van der Waals surface area contributed by atoms with Gasteiger partial charge >= 0.3 is 11.8 Å². The van der Waals surface area contributed by atoms with Gasteiger partial charge in [-0.1, -0.05) is 5.16 Å². The van der Waals surface area contributed by atoms with Crippen molar-refractivity contribution < 1.29 is 18.8 Å². The second-order valence-electron chi connectivity index (χ2n) is 6.52. The molecule has 0 aromatic carbocycles. The van der Waals surface area contributed by atoms with E-state index < -0.39 is 5.91 Å². The number of anilines is 1. The summed E-state index contributed by atoms with van der Waals surface area (Å²) >= 11 is 0. The number of amides is 1. The van der Waals surface area contributed by atoms with E-state index in [4.69, 9.17) is 14.0 Å². The van der Waals surface area contributed by atoms with Crippen molar-refractivity contribution in [2.75, 3.05) is 25.1 Å². The summed E-state index contributed by atoms with van der Waals surface area (Å²) in [4.78, 5) is 21.0. The molecule has 3 aromatic heterocycles. The molecule has 142 valence electrons. The highest BCUT2D eigenvalue weighted by Gasteiger charge is 2.20. The molecule has 0 saturated carbocycles. The Labute approximate surface area is 155 Å². The number of carbonyl (C=O) groups is 1. The molecule has 1 saturated heterocycles. The monoisotopic (exact) mass is 371 g/mol. The number of carbonyl (C=O) groups excluding carboxylic acids is 1. The summed E-state index contributed by atoms with van der Waals surface area (Å²) in [6.45, 7) is 5.60. The van der Waals surface area contributed by atoms with Gasteiger partial charge in [0.1, 0.15) is 17.1 Å². The summed E-state index contributed by atoms with van der Waals surface area (Å²) < 4.78 is 17.9. The zero-order chi connectivity index (χ0) is 18.8. The van der Waals surface area contributed by atoms with Gasteiger partial charge in [0.05, 0.1) is 12.3 Å². The molecule has 9 nitrogen and oxygen atoms in total. The Morgan fingerprint density at radius 1 is 1.41 bits per heavy atom. The van der Waals surface area contributed by atoms with Crippen molar-refractivity contribution in [2.24, 2.45) is 5.92 Å². The van der Waals surface area contributed by atoms with E-state index in [0.29, 0.717) is 29.8 Å². The van der Waals surface area contributed by atoms with Crippen LogP contribution in [0.4, 0.5) is 5.69 Å². The number of pyridine rings is 1. The Hall–Kier alpha value is -2.94. The fourth-order valence-corrected chi connectivity index (χ4v) is 3.14. The van der Waals surface area contributed by atoms with Crippen molar-refractivity contribution in [1.82, 2.24) is 19.5 Å². The highest BCUT2D eigenvalue weighted by molar-refractivity contribution is 6.01. The predicted octanol–water partition coefficient (Wildman–Crippen LogP) is 2.26. The average Bonchev–Trinajstić information content (AvgIpc) is 3.37. The molecule has 0 bridgehead atoms. The molecule has 0 aliphatic carbocycles. The quantitative estimate of drug-likeness (QED) is 0.709. The van der Waals surface area contributed by atoms with Crippen molar-refractivity contribution in [3.8, 4) is 5.75 Å². The maximum atomic E-state index is 12.4. The molecular weight excluding hydrogens is 350 g/mol. The van der Waals surface area contributed by atoms with Crippen LogP contribution < -0.4 is 10.1 Å². The zero-order valence-corrected chi connectivity index (χ0v) is 15.3. The van der Waals surface area contributed by atoms with Gasteiger partial charge in [0, 0.05) is 31.7 Å². The zero-order valence-electron chi connectivity index (χ0n) is 15.3. The molecule has 3 aromatic rings. The summed E-state index contributed by atoms with van der Waals surface area (Å²) in [5, 5.41) is 6.41. The molecule has 1 N–H and O–H groups in total. The number of hydrogen-bond acceptors (Lipinski definition) is 7. The van der Waals surface area contributed by atoms with E-state index in [-0.39, 0.29) is 5.89 Å². The lowest BCUT2D eigenvalue weighted by Crippen LogP contribution is -2.14. The smallest absolute Gasteiger partial charge is 0.316 e. The fraction of sp³-hybridized carbons (Fsp3) is 0.444. The molecule has 1 fully saturated rings. The van der Waals surface area contributed by atoms with Crippen LogP contribution in [-0.4, -0.2) is 45.3 Å². The Kier molecular flexibility index (Phi) is 4.76. The number of hydrogen-bond donors (Lipinski definition) is 1. The molecule has 9 heteroatoms. The van der Waals surface area contributed by atoms with Crippen molar-refractivity contribution in [3.05, 3.63) is 35.9 Å². The van der Waals surface area contributed by atoms with E-state index in [1.165, 1.54) is 0 Å². The standard InChI is InChI=1S/C18H21N5O4/c1-3-26-15-7-16-20-13(6-12-4-5-25-10-12)8-23(16)9-14(15)21-17(24)18-19-11(2)22-27-18/h7-9,12H,3-6,10H2,1-2H3,(H,21,24). The maximum Gasteiger partial charge on any atom is 0.316 e. The van der Waals surface area contributed by atoms with Crippen LogP contribution in [0.15, 0.2) is 23.0 Å².